The van der Waals surface area contributed by atoms with Crippen molar-refractivity contribution in [3.05, 3.63) is 23.0 Å². The molecular weight excluding hydrogens is 260 g/mol. The summed E-state index contributed by atoms with van der Waals surface area (Å²) >= 11 is 1.68. The van der Waals surface area contributed by atoms with Crippen molar-refractivity contribution in [1.82, 2.24) is 20.3 Å². The fourth-order valence-electron chi connectivity index (χ4n) is 1.79. The number of rotatable bonds is 5. The van der Waals surface area contributed by atoms with Crippen molar-refractivity contribution >= 4 is 11.3 Å². The summed E-state index contributed by atoms with van der Waals surface area (Å²) in [6, 6.07) is 2.53. The third-order valence-electron chi connectivity index (χ3n) is 3.09. The van der Waals surface area contributed by atoms with E-state index in [4.69, 9.17) is 4.74 Å². The number of hydrogen-bond acceptors (Lipinski definition) is 6. The molecule has 0 atom stereocenters. The lowest BCUT2D eigenvalue weighted by Gasteiger charge is -1.99. The van der Waals surface area contributed by atoms with Gasteiger partial charge in [-0.05, 0) is 19.8 Å². The number of aromatic nitrogens is 3. The van der Waals surface area contributed by atoms with Crippen LogP contribution in [-0.2, 0) is 6.54 Å². The van der Waals surface area contributed by atoms with Crippen LogP contribution in [0.1, 0.15) is 23.4 Å². The molecule has 1 fully saturated rings. The highest BCUT2D eigenvalue weighted by molar-refractivity contribution is 7.15. The van der Waals surface area contributed by atoms with Crippen LogP contribution in [0.5, 0.6) is 5.88 Å². The molecule has 0 spiro atoms. The second-order valence-corrected chi connectivity index (χ2v) is 5.71. The second-order valence-electron chi connectivity index (χ2n) is 4.63. The van der Waals surface area contributed by atoms with Gasteiger partial charge in [0.1, 0.15) is 17.0 Å². The van der Waals surface area contributed by atoms with Gasteiger partial charge in [-0.15, -0.1) is 11.3 Å². The van der Waals surface area contributed by atoms with Crippen molar-refractivity contribution in [2.24, 2.45) is 0 Å². The Morgan fingerprint density at radius 1 is 1.42 bits per heavy atom. The molecule has 2 aromatic heterocycles. The Kier molecular flexibility index (Phi) is 3.44. The van der Waals surface area contributed by atoms with E-state index in [1.807, 2.05) is 13.0 Å². The summed E-state index contributed by atoms with van der Waals surface area (Å²) in [5.74, 6) is 0.565. The molecule has 6 heteroatoms. The maximum absolute atomic E-state index is 5.11. The summed E-state index contributed by atoms with van der Waals surface area (Å²) in [6.45, 7) is 2.94. The molecule has 0 saturated heterocycles. The van der Waals surface area contributed by atoms with Gasteiger partial charge in [0.15, 0.2) is 0 Å². The van der Waals surface area contributed by atoms with E-state index in [-0.39, 0.29) is 0 Å². The summed E-state index contributed by atoms with van der Waals surface area (Å²) in [4.78, 5) is 14.1. The number of aryl methyl sites for hydroxylation is 1. The minimum atomic E-state index is 0.565. The first-order valence-corrected chi connectivity index (χ1v) is 7.14. The smallest absolute Gasteiger partial charge is 0.216 e. The van der Waals surface area contributed by atoms with Crippen LogP contribution in [-0.4, -0.2) is 28.1 Å². The van der Waals surface area contributed by atoms with Crippen LogP contribution in [0.4, 0.5) is 0 Å². The molecule has 0 aromatic carbocycles. The average molecular weight is 276 g/mol. The number of methoxy groups -OCH3 is 1. The monoisotopic (exact) mass is 276 g/mol. The topological polar surface area (TPSA) is 59.9 Å². The van der Waals surface area contributed by atoms with Crippen molar-refractivity contribution in [2.75, 3.05) is 7.11 Å². The normalized spacial score (nSPS) is 14.6. The lowest BCUT2D eigenvalue weighted by Crippen LogP contribution is -2.14. The molecule has 2 aromatic rings. The van der Waals surface area contributed by atoms with Crippen LogP contribution in [0.2, 0.25) is 0 Å². The van der Waals surface area contributed by atoms with Gasteiger partial charge in [0.25, 0.3) is 0 Å². The largest absolute Gasteiger partial charge is 0.481 e. The summed E-state index contributed by atoms with van der Waals surface area (Å²) in [5.41, 5.74) is 1.89. The lowest BCUT2D eigenvalue weighted by molar-refractivity contribution is 0.397. The molecule has 2 heterocycles. The third kappa shape index (κ3) is 2.90. The van der Waals surface area contributed by atoms with Gasteiger partial charge in [0, 0.05) is 23.5 Å². The van der Waals surface area contributed by atoms with Gasteiger partial charge >= 0.3 is 0 Å². The Morgan fingerprint density at radius 3 is 3.00 bits per heavy atom. The Labute approximate surface area is 116 Å². The van der Waals surface area contributed by atoms with Gasteiger partial charge < -0.3 is 10.1 Å². The molecule has 0 amide bonds. The quantitative estimate of drug-likeness (QED) is 0.907. The van der Waals surface area contributed by atoms with Crippen LogP contribution in [0.15, 0.2) is 12.4 Å². The summed E-state index contributed by atoms with van der Waals surface area (Å²) < 4.78 is 5.11. The first-order valence-electron chi connectivity index (χ1n) is 6.32. The Balaban J connectivity index is 1.81. The molecule has 3 rings (SSSR count). The van der Waals surface area contributed by atoms with E-state index in [9.17, 15) is 0 Å². The van der Waals surface area contributed by atoms with Gasteiger partial charge in [-0.2, -0.15) is 0 Å². The highest BCUT2D eigenvalue weighted by Gasteiger charge is 2.21. The van der Waals surface area contributed by atoms with Crippen LogP contribution >= 0.6 is 11.3 Å². The standard InChI is InChI=1S/C13H16N4OS/c1-8-11(6-14-9-3-4-9)19-13(17-8)10-5-12(18-2)16-7-15-10/h5,7,9,14H,3-4,6H2,1-2H3. The lowest BCUT2D eigenvalue weighted by atomic mass is 10.3. The fraction of sp³-hybridized carbons (Fsp3) is 0.462. The maximum Gasteiger partial charge on any atom is 0.216 e. The van der Waals surface area contributed by atoms with Crippen LogP contribution < -0.4 is 10.1 Å². The average Bonchev–Trinajstić information content (AvgIpc) is 3.19. The first kappa shape index (κ1) is 12.5. The van der Waals surface area contributed by atoms with E-state index < -0.39 is 0 Å². The van der Waals surface area contributed by atoms with Crippen molar-refractivity contribution in [3.8, 4) is 16.6 Å². The minimum absolute atomic E-state index is 0.565. The maximum atomic E-state index is 5.11. The molecule has 0 bridgehead atoms. The number of ether oxygens (including phenoxy) is 1. The van der Waals surface area contributed by atoms with E-state index in [1.165, 1.54) is 24.0 Å². The van der Waals surface area contributed by atoms with Gasteiger partial charge in [0.2, 0.25) is 5.88 Å². The second kappa shape index (κ2) is 5.22. The zero-order chi connectivity index (χ0) is 13.2. The van der Waals surface area contributed by atoms with Crippen LogP contribution in [0, 0.1) is 6.92 Å². The van der Waals surface area contributed by atoms with E-state index in [0.29, 0.717) is 11.9 Å². The summed E-state index contributed by atoms with van der Waals surface area (Å²) in [6.07, 6.45) is 4.11. The zero-order valence-corrected chi connectivity index (χ0v) is 11.8. The third-order valence-corrected chi connectivity index (χ3v) is 4.27. The van der Waals surface area contributed by atoms with E-state index in [0.717, 1.165) is 22.9 Å². The zero-order valence-electron chi connectivity index (χ0n) is 11.0. The summed E-state index contributed by atoms with van der Waals surface area (Å²) in [7, 11) is 1.60. The molecule has 1 aliphatic rings. The predicted molar refractivity (Wildman–Crippen MR) is 74.3 cm³/mol. The van der Waals surface area contributed by atoms with Crippen molar-refractivity contribution in [2.45, 2.75) is 32.4 Å². The number of thiazole rings is 1. The summed E-state index contributed by atoms with van der Waals surface area (Å²) in [5, 5.41) is 4.44. The van der Waals surface area contributed by atoms with Crippen molar-refractivity contribution in [1.29, 1.82) is 0 Å². The predicted octanol–water partition coefficient (Wildman–Crippen LogP) is 2.17. The van der Waals surface area contributed by atoms with Gasteiger partial charge in [0.05, 0.1) is 12.8 Å². The van der Waals surface area contributed by atoms with Crippen LogP contribution in [0.25, 0.3) is 10.7 Å². The van der Waals surface area contributed by atoms with Crippen molar-refractivity contribution in [3.63, 3.8) is 0 Å². The first-order chi connectivity index (χ1) is 9.26. The minimum Gasteiger partial charge on any atom is -0.481 e. The molecule has 19 heavy (non-hydrogen) atoms. The van der Waals surface area contributed by atoms with Gasteiger partial charge in [-0.3, -0.25) is 0 Å². The van der Waals surface area contributed by atoms with E-state index in [1.54, 1.807) is 18.4 Å². The number of nitrogens with zero attached hydrogens (tertiary/aromatic N) is 3. The number of nitrogens with one attached hydrogen (secondary N) is 1. The Bertz CT molecular complexity index is 580. The van der Waals surface area contributed by atoms with Gasteiger partial charge in [-0.1, -0.05) is 0 Å². The van der Waals surface area contributed by atoms with E-state index in [2.05, 4.69) is 20.3 Å². The highest BCUT2D eigenvalue weighted by atomic mass is 32.1. The van der Waals surface area contributed by atoms with Gasteiger partial charge in [-0.25, -0.2) is 15.0 Å². The molecule has 1 aliphatic carbocycles. The molecule has 100 valence electrons. The van der Waals surface area contributed by atoms with Crippen molar-refractivity contribution < 1.29 is 4.74 Å². The molecule has 0 unspecified atom stereocenters. The molecule has 0 radical (unpaired) electrons. The molecule has 1 N–H and O–H groups in total. The molecule has 0 aliphatic heterocycles. The van der Waals surface area contributed by atoms with E-state index >= 15 is 0 Å². The van der Waals surface area contributed by atoms with Crippen LogP contribution in [0.3, 0.4) is 0 Å². The Hall–Kier alpha value is -1.53. The molecular formula is C13H16N4OS. The number of hydrogen-bond donors (Lipinski definition) is 1. The highest BCUT2D eigenvalue weighted by Crippen LogP contribution is 2.28. The SMILES string of the molecule is COc1cc(-c2nc(C)c(CNC3CC3)s2)ncn1. The Morgan fingerprint density at radius 2 is 2.26 bits per heavy atom. The molecule has 5 nitrogen and oxygen atoms in total. The molecule has 1 saturated carbocycles. The fourth-order valence-corrected chi connectivity index (χ4v) is 2.78.